The highest BCUT2D eigenvalue weighted by Gasteiger charge is 2.14. The van der Waals surface area contributed by atoms with Crippen molar-refractivity contribution in [2.75, 3.05) is 12.4 Å². The second-order valence-electron chi connectivity index (χ2n) is 4.71. The number of hydrogen-bond acceptors (Lipinski definition) is 5. The van der Waals surface area contributed by atoms with Crippen LogP contribution in [0.15, 0.2) is 42.5 Å². The zero-order valence-electron chi connectivity index (χ0n) is 12.4. The molecule has 0 radical (unpaired) electrons. The minimum absolute atomic E-state index is 0.140. The summed E-state index contributed by atoms with van der Waals surface area (Å²) >= 11 is 6.98. The van der Waals surface area contributed by atoms with Gasteiger partial charge in [-0.1, -0.05) is 23.7 Å². The van der Waals surface area contributed by atoms with Crippen LogP contribution in [0.2, 0.25) is 5.02 Å². The Hall–Kier alpha value is -2.51. The Morgan fingerprint density at radius 2 is 2.08 bits per heavy atom. The number of carbonyl (C=O) groups excluding carboxylic acids is 1. The van der Waals surface area contributed by atoms with E-state index in [9.17, 15) is 9.18 Å². The lowest BCUT2D eigenvalue weighted by molar-refractivity contribution is 0.102. The average molecular weight is 364 g/mol. The van der Waals surface area contributed by atoms with Crippen molar-refractivity contribution < 1.29 is 13.9 Å². The second kappa shape index (κ2) is 6.94. The summed E-state index contributed by atoms with van der Waals surface area (Å²) in [5.41, 5.74) is 0.828. The van der Waals surface area contributed by atoms with Gasteiger partial charge in [0.1, 0.15) is 0 Å². The minimum atomic E-state index is -0.508. The first-order valence-electron chi connectivity index (χ1n) is 6.82. The highest BCUT2D eigenvalue weighted by molar-refractivity contribution is 7.10. The number of halogens is 2. The first kappa shape index (κ1) is 16.4. The van der Waals surface area contributed by atoms with Crippen molar-refractivity contribution in [1.82, 2.24) is 9.36 Å². The molecular weight excluding hydrogens is 353 g/mol. The number of methoxy groups -OCH3 is 1. The lowest BCUT2D eigenvalue weighted by atomic mass is 10.2. The van der Waals surface area contributed by atoms with Gasteiger partial charge in [0.25, 0.3) is 5.91 Å². The first-order chi connectivity index (χ1) is 11.6. The van der Waals surface area contributed by atoms with E-state index < -0.39 is 5.82 Å². The Kier molecular flexibility index (Phi) is 4.73. The Balaban J connectivity index is 1.80. The number of amides is 1. The molecule has 0 aliphatic rings. The third-order valence-electron chi connectivity index (χ3n) is 3.17. The van der Waals surface area contributed by atoms with Crippen molar-refractivity contribution in [3.63, 3.8) is 0 Å². The number of nitrogens with one attached hydrogen (secondary N) is 1. The molecule has 0 aliphatic heterocycles. The summed E-state index contributed by atoms with van der Waals surface area (Å²) in [5.74, 6) is -0.437. The highest BCUT2D eigenvalue weighted by Crippen LogP contribution is 2.26. The number of ether oxygens (including phenoxy) is 1. The van der Waals surface area contributed by atoms with E-state index in [-0.39, 0.29) is 11.7 Å². The second-order valence-corrected chi connectivity index (χ2v) is 5.87. The van der Waals surface area contributed by atoms with Crippen LogP contribution < -0.4 is 10.1 Å². The van der Waals surface area contributed by atoms with Crippen LogP contribution in [0.25, 0.3) is 11.4 Å². The average Bonchev–Trinajstić information content (AvgIpc) is 3.03. The van der Waals surface area contributed by atoms with Gasteiger partial charge in [-0.3, -0.25) is 10.1 Å². The molecule has 1 amide bonds. The van der Waals surface area contributed by atoms with Gasteiger partial charge in [0.15, 0.2) is 17.4 Å². The quantitative estimate of drug-likeness (QED) is 0.752. The standard InChI is InChI=1S/C16H11ClFN3O2S/c1-23-13-7-6-9(8-12(13)18)14-19-16(24-21-14)20-15(22)10-4-2-3-5-11(10)17/h2-8H,1H3,(H,19,20,21,22). The van der Waals surface area contributed by atoms with E-state index in [0.29, 0.717) is 27.1 Å². The Bertz CT molecular complexity index is 901. The van der Waals surface area contributed by atoms with Gasteiger partial charge >= 0.3 is 0 Å². The van der Waals surface area contributed by atoms with Gasteiger partial charge in [-0.15, -0.1) is 0 Å². The Morgan fingerprint density at radius 3 is 2.79 bits per heavy atom. The third-order valence-corrected chi connectivity index (χ3v) is 4.14. The van der Waals surface area contributed by atoms with Crippen molar-refractivity contribution in [1.29, 1.82) is 0 Å². The van der Waals surface area contributed by atoms with Crippen LogP contribution in [0.5, 0.6) is 5.75 Å². The summed E-state index contributed by atoms with van der Waals surface area (Å²) in [6.45, 7) is 0. The predicted molar refractivity (Wildman–Crippen MR) is 91.3 cm³/mol. The molecule has 5 nitrogen and oxygen atoms in total. The molecular formula is C16H11ClFN3O2S. The van der Waals surface area contributed by atoms with Crippen molar-refractivity contribution in [2.24, 2.45) is 0 Å². The van der Waals surface area contributed by atoms with E-state index in [0.717, 1.165) is 11.5 Å². The van der Waals surface area contributed by atoms with Gasteiger partial charge in [-0.2, -0.15) is 9.36 Å². The zero-order chi connectivity index (χ0) is 17.1. The maximum Gasteiger partial charge on any atom is 0.258 e. The van der Waals surface area contributed by atoms with Crippen LogP contribution in [0.4, 0.5) is 9.52 Å². The third kappa shape index (κ3) is 3.37. The number of hydrogen-bond donors (Lipinski definition) is 1. The molecule has 0 atom stereocenters. The maximum absolute atomic E-state index is 13.8. The fourth-order valence-corrected chi connectivity index (χ4v) is 2.81. The van der Waals surface area contributed by atoms with Crippen molar-refractivity contribution in [2.45, 2.75) is 0 Å². The largest absolute Gasteiger partial charge is 0.494 e. The van der Waals surface area contributed by atoms with Gasteiger partial charge in [0.05, 0.1) is 17.7 Å². The number of carbonyl (C=O) groups is 1. The van der Waals surface area contributed by atoms with E-state index in [4.69, 9.17) is 16.3 Å². The van der Waals surface area contributed by atoms with Crippen LogP contribution in [-0.4, -0.2) is 22.4 Å². The topological polar surface area (TPSA) is 64.1 Å². The van der Waals surface area contributed by atoms with E-state index in [1.54, 1.807) is 30.3 Å². The summed E-state index contributed by atoms with van der Waals surface area (Å²) < 4.78 is 22.8. The molecule has 3 aromatic rings. The molecule has 1 heterocycles. The molecule has 0 saturated carbocycles. The summed E-state index contributed by atoms with van der Waals surface area (Å²) in [6.07, 6.45) is 0. The molecule has 8 heteroatoms. The number of benzene rings is 2. The van der Waals surface area contributed by atoms with E-state index in [1.165, 1.54) is 19.2 Å². The molecule has 0 aliphatic carbocycles. The maximum atomic E-state index is 13.8. The van der Waals surface area contributed by atoms with E-state index in [1.807, 2.05) is 0 Å². The molecule has 3 rings (SSSR count). The molecule has 2 aromatic carbocycles. The van der Waals surface area contributed by atoms with Crippen LogP contribution in [0.3, 0.4) is 0 Å². The lowest BCUT2D eigenvalue weighted by Crippen LogP contribution is -2.12. The van der Waals surface area contributed by atoms with Crippen molar-refractivity contribution >= 4 is 34.2 Å². The highest BCUT2D eigenvalue weighted by atomic mass is 35.5. The van der Waals surface area contributed by atoms with Crippen LogP contribution in [0.1, 0.15) is 10.4 Å². The molecule has 0 saturated heterocycles. The van der Waals surface area contributed by atoms with Gasteiger partial charge in [-0.05, 0) is 30.3 Å². The summed E-state index contributed by atoms with van der Waals surface area (Å²) in [6, 6.07) is 11.1. The molecule has 1 aromatic heterocycles. The first-order valence-corrected chi connectivity index (χ1v) is 7.97. The Labute approximate surface area is 146 Å². The molecule has 24 heavy (non-hydrogen) atoms. The number of aromatic nitrogens is 2. The molecule has 1 N–H and O–H groups in total. The fraction of sp³-hybridized carbons (Fsp3) is 0.0625. The van der Waals surface area contributed by atoms with Crippen LogP contribution >= 0.6 is 23.1 Å². The summed E-state index contributed by atoms with van der Waals surface area (Å²) in [5, 5.41) is 3.27. The number of rotatable bonds is 4. The Morgan fingerprint density at radius 1 is 1.29 bits per heavy atom. The van der Waals surface area contributed by atoms with Crippen LogP contribution in [0, 0.1) is 5.82 Å². The van der Waals surface area contributed by atoms with Gasteiger partial charge in [0.2, 0.25) is 5.13 Å². The molecule has 0 spiro atoms. The zero-order valence-corrected chi connectivity index (χ0v) is 14.0. The molecule has 0 bridgehead atoms. The monoisotopic (exact) mass is 363 g/mol. The van der Waals surface area contributed by atoms with Gasteiger partial charge in [-0.25, -0.2) is 4.39 Å². The number of anilines is 1. The normalized spacial score (nSPS) is 10.5. The van der Waals surface area contributed by atoms with Crippen molar-refractivity contribution in [3.05, 3.63) is 58.9 Å². The molecule has 0 unspecified atom stereocenters. The molecule has 0 fully saturated rings. The van der Waals surface area contributed by atoms with Crippen LogP contribution in [-0.2, 0) is 0 Å². The number of nitrogens with zero attached hydrogens (tertiary/aromatic N) is 2. The predicted octanol–water partition coefficient (Wildman–Crippen LogP) is 4.26. The SMILES string of the molecule is COc1ccc(-c2nsc(NC(=O)c3ccccc3Cl)n2)cc1F. The van der Waals surface area contributed by atoms with Gasteiger partial charge < -0.3 is 4.74 Å². The van der Waals surface area contributed by atoms with Crippen molar-refractivity contribution in [3.8, 4) is 17.1 Å². The summed E-state index contributed by atoms with van der Waals surface area (Å²) in [7, 11) is 1.39. The minimum Gasteiger partial charge on any atom is -0.494 e. The van der Waals surface area contributed by atoms with Gasteiger partial charge in [0, 0.05) is 17.1 Å². The summed E-state index contributed by atoms with van der Waals surface area (Å²) in [4.78, 5) is 16.4. The van der Waals surface area contributed by atoms with E-state index in [2.05, 4.69) is 14.7 Å². The smallest absolute Gasteiger partial charge is 0.258 e. The fourth-order valence-electron chi connectivity index (χ4n) is 2.01. The van der Waals surface area contributed by atoms with E-state index >= 15 is 0 Å². The lowest BCUT2D eigenvalue weighted by Gasteiger charge is -2.03. The molecule has 122 valence electrons.